The van der Waals surface area contributed by atoms with E-state index < -0.39 is 0 Å². The standard InChI is InChI=1S/C11H23/c1-5-7-8-9-11(4)10(3)6-2/h10H,5-9H2,1-4H3/q+1. The molecule has 0 nitrogen and oxygen atoms in total. The summed E-state index contributed by atoms with van der Waals surface area (Å²) < 4.78 is 0. The van der Waals surface area contributed by atoms with Crippen LogP contribution < -0.4 is 0 Å². The van der Waals surface area contributed by atoms with E-state index in [1.54, 1.807) is 5.92 Å². The maximum absolute atomic E-state index is 2.33. The Morgan fingerprint density at radius 3 is 2.27 bits per heavy atom. The minimum Gasteiger partial charge on any atom is -0.0654 e. The molecule has 11 heavy (non-hydrogen) atoms. The topological polar surface area (TPSA) is 0 Å². The molecule has 0 heteroatoms. The molecule has 0 N–H and O–H groups in total. The van der Waals surface area contributed by atoms with Gasteiger partial charge in [-0.3, -0.25) is 0 Å². The van der Waals surface area contributed by atoms with Gasteiger partial charge in [-0.25, -0.2) is 0 Å². The zero-order valence-corrected chi connectivity index (χ0v) is 8.61. The average molecular weight is 155 g/mol. The Balaban J connectivity index is 3.28. The molecule has 0 heterocycles. The van der Waals surface area contributed by atoms with Crippen molar-refractivity contribution in [1.29, 1.82) is 0 Å². The van der Waals surface area contributed by atoms with Gasteiger partial charge in [0.15, 0.2) is 0 Å². The summed E-state index contributed by atoms with van der Waals surface area (Å²) in [4.78, 5) is 0. The highest BCUT2D eigenvalue weighted by molar-refractivity contribution is 4.88. The lowest BCUT2D eigenvalue weighted by molar-refractivity contribution is 0.520. The Morgan fingerprint density at radius 1 is 1.18 bits per heavy atom. The monoisotopic (exact) mass is 155 g/mol. The molecule has 0 amide bonds. The van der Waals surface area contributed by atoms with Gasteiger partial charge in [-0.05, 0) is 26.2 Å². The van der Waals surface area contributed by atoms with E-state index in [1.807, 2.05) is 0 Å². The quantitative estimate of drug-likeness (QED) is 0.398. The van der Waals surface area contributed by atoms with Crippen molar-refractivity contribution in [2.45, 2.75) is 59.8 Å². The van der Waals surface area contributed by atoms with Crippen molar-refractivity contribution in [3.63, 3.8) is 0 Å². The van der Waals surface area contributed by atoms with Crippen LogP contribution in [0.15, 0.2) is 0 Å². The van der Waals surface area contributed by atoms with Gasteiger partial charge in [0.25, 0.3) is 0 Å². The van der Waals surface area contributed by atoms with Crippen molar-refractivity contribution in [3.05, 3.63) is 5.92 Å². The van der Waals surface area contributed by atoms with Gasteiger partial charge in [-0.2, -0.15) is 0 Å². The predicted octanol–water partition coefficient (Wildman–Crippen LogP) is 4.21. The first-order valence-electron chi connectivity index (χ1n) is 5.04. The summed E-state index contributed by atoms with van der Waals surface area (Å²) in [6.07, 6.45) is 6.79. The molecule has 0 fully saturated rings. The van der Waals surface area contributed by atoms with E-state index in [-0.39, 0.29) is 0 Å². The number of hydrogen-bond acceptors (Lipinski definition) is 0. The molecule has 0 radical (unpaired) electrons. The van der Waals surface area contributed by atoms with Crippen molar-refractivity contribution in [2.24, 2.45) is 5.92 Å². The van der Waals surface area contributed by atoms with Crippen LogP contribution in [0.5, 0.6) is 0 Å². The predicted molar refractivity (Wildman–Crippen MR) is 52.5 cm³/mol. The van der Waals surface area contributed by atoms with E-state index in [1.165, 1.54) is 32.1 Å². The SMILES string of the molecule is CCCCC[C+](C)C(C)CC. The fourth-order valence-electron chi connectivity index (χ4n) is 1.25. The lowest BCUT2D eigenvalue weighted by atomic mass is 9.89. The molecule has 0 aliphatic carbocycles. The third-order valence-electron chi connectivity index (χ3n) is 2.63. The summed E-state index contributed by atoms with van der Waals surface area (Å²) in [6.45, 7) is 9.18. The number of unbranched alkanes of at least 4 members (excludes halogenated alkanes) is 2. The van der Waals surface area contributed by atoms with Crippen molar-refractivity contribution in [2.75, 3.05) is 0 Å². The molecule has 0 spiro atoms. The molecule has 0 bridgehead atoms. The summed E-state index contributed by atoms with van der Waals surface area (Å²) in [5.41, 5.74) is 0. The molecule has 0 rings (SSSR count). The highest BCUT2D eigenvalue weighted by atomic mass is 14.1. The maximum atomic E-state index is 2.33. The van der Waals surface area contributed by atoms with Gasteiger partial charge in [-0.15, -0.1) is 0 Å². The summed E-state index contributed by atoms with van der Waals surface area (Å²) in [6, 6.07) is 0. The second-order valence-electron chi connectivity index (χ2n) is 3.61. The Bertz CT molecular complexity index is 76.1. The second kappa shape index (κ2) is 6.57. The van der Waals surface area contributed by atoms with Crippen LogP contribution >= 0.6 is 0 Å². The summed E-state index contributed by atoms with van der Waals surface area (Å²) in [7, 11) is 0. The van der Waals surface area contributed by atoms with Crippen LogP contribution in [0.4, 0.5) is 0 Å². The summed E-state index contributed by atoms with van der Waals surface area (Å²) >= 11 is 0. The first-order chi connectivity index (χ1) is 5.22. The Labute approximate surface area is 72.4 Å². The fourth-order valence-corrected chi connectivity index (χ4v) is 1.25. The molecule has 0 saturated carbocycles. The molecule has 66 valence electrons. The van der Waals surface area contributed by atoms with Crippen LogP contribution in [-0.4, -0.2) is 0 Å². The Hall–Kier alpha value is -0.130. The van der Waals surface area contributed by atoms with Gasteiger partial charge >= 0.3 is 0 Å². The van der Waals surface area contributed by atoms with Gasteiger partial charge in [0.05, 0.1) is 25.2 Å². The lowest BCUT2D eigenvalue weighted by Gasteiger charge is -2.06. The molecule has 0 aliphatic heterocycles. The van der Waals surface area contributed by atoms with Crippen LogP contribution in [0.1, 0.15) is 59.8 Å². The normalized spacial score (nSPS) is 13.1. The minimum atomic E-state index is 0.840. The molecule has 1 unspecified atom stereocenters. The molecule has 0 aromatic carbocycles. The largest absolute Gasteiger partial charge is 0.0968 e. The van der Waals surface area contributed by atoms with Gasteiger partial charge in [0, 0.05) is 0 Å². The zero-order chi connectivity index (χ0) is 8.69. The molecule has 0 saturated heterocycles. The minimum absolute atomic E-state index is 0.840. The number of hydrogen-bond donors (Lipinski definition) is 0. The molecular weight excluding hydrogens is 132 g/mol. The smallest absolute Gasteiger partial charge is 0.0654 e. The van der Waals surface area contributed by atoms with Gasteiger partial charge < -0.3 is 0 Å². The van der Waals surface area contributed by atoms with Gasteiger partial charge in [0.1, 0.15) is 0 Å². The fraction of sp³-hybridized carbons (Fsp3) is 0.909. The molecule has 0 aliphatic rings. The Kier molecular flexibility index (Phi) is 6.49. The van der Waals surface area contributed by atoms with Crippen molar-refractivity contribution in [1.82, 2.24) is 0 Å². The van der Waals surface area contributed by atoms with E-state index in [0.717, 1.165) is 5.92 Å². The molecular formula is C11H23+. The van der Waals surface area contributed by atoms with E-state index >= 15 is 0 Å². The highest BCUT2D eigenvalue weighted by Gasteiger charge is 2.19. The first kappa shape index (κ1) is 10.9. The van der Waals surface area contributed by atoms with Crippen LogP contribution in [0.25, 0.3) is 0 Å². The van der Waals surface area contributed by atoms with Crippen molar-refractivity contribution < 1.29 is 0 Å². The van der Waals surface area contributed by atoms with Crippen LogP contribution in [0.2, 0.25) is 0 Å². The maximum Gasteiger partial charge on any atom is 0.0968 e. The third kappa shape index (κ3) is 5.17. The van der Waals surface area contributed by atoms with E-state index in [4.69, 9.17) is 0 Å². The van der Waals surface area contributed by atoms with E-state index in [9.17, 15) is 0 Å². The van der Waals surface area contributed by atoms with Crippen LogP contribution in [0, 0.1) is 11.8 Å². The third-order valence-corrected chi connectivity index (χ3v) is 2.63. The van der Waals surface area contributed by atoms with Crippen molar-refractivity contribution >= 4 is 0 Å². The van der Waals surface area contributed by atoms with Crippen LogP contribution in [-0.2, 0) is 0 Å². The van der Waals surface area contributed by atoms with Gasteiger partial charge in [-0.1, -0.05) is 20.3 Å². The van der Waals surface area contributed by atoms with E-state index in [2.05, 4.69) is 27.7 Å². The zero-order valence-electron chi connectivity index (χ0n) is 8.61. The summed E-state index contributed by atoms with van der Waals surface area (Å²) in [5.74, 6) is 2.54. The van der Waals surface area contributed by atoms with Crippen molar-refractivity contribution in [3.8, 4) is 0 Å². The number of rotatable bonds is 6. The highest BCUT2D eigenvalue weighted by Crippen LogP contribution is 2.22. The first-order valence-corrected chi connectivity index (χ1v) is 5.04. The molecule has 0 aromatic rings. The van der Waals surface area contributed by atoms with Gasteiger partial charge in [0.2, 0.25) is 0 Å². The molecule has 0 aromatic heterocycles. The summed E-state index contributed by atoms with van der Waals surface area (Å²) in [5, 5.41) is 0. The lowest BCUT2D eigenvalue weighted by Crippen LogP contribution is -2.03. The Morgan fingerprint density at radius 2 is 1.82 bits per heavy atom. The second-order valence-corrected chi connectivity index (χ2v) is 3.61. The average Bonchev–Trinajstić information content (AvgIpc) is 2.03. The molecule has 1 atom stereocenters. The van der Waals surface area contributed by atoms with E-state index in [0.29, 0.717) is 0 Å². The van der Waals surface area contributed by atoms with Crippen LogP contribution in [0.3, 0.4) is 0 Å².